The van der Waals surface area contributed by atoms with Crippen LogP contribution in [-0.4, -0.2) is 9.55 Å². The van der Waals surface area contributed by atoms with Crippen LogP contribution >= 0.6 is 15.9 Å². The van der Waals surface area contributed by atoms with Crippen LogP contribution in [0.2, 0.25) is 0 Å². The fraction of sp³-hybridized carbons (Fsp3) is 0.133. The molecule has 0 amide bonds. The van der Waals surface area contributed by atoms with E-state index in [0.29, 0.717) is 23.6 Å². The van der Waals surface area contributed by atoms with Crippen LogP contribution in [0.3, 0.4) is 0 Å². The van der Waals surface area contributed by atoms with Gasteiger partial charge in [-0.2, -0.15) is 0 Å². The number of nitrogens with zero attached hydrogens (tertiary/aromatic N) is 2. The summed E-state index contributed by atoms with van der Waals surface area (Å²) in [6.07, 6.45) is 0. The highest BCUT2D eigenvalue weighted by Crippen LogP contribution is 2.31. The number of imidazole rings is 1. The third kappa shape index (κ3) is 1.98. The van der Waals surface area contributed by atoms with Gasteiger partial charge >= 0.3 is 0 Å². The Kier molecular flexibility index (Phi) is 3.22. The van der Waals surface area contributed by atoms with Crippen LogP contribution in [-0.2, 0) is 6.54 Å². The summed E-state index contributed by atoms with van der Waals surface area (Å²) < 4.78 is 16.8. The predicted molar refractivity (Wildman–Crippen MR) is 82.9 cm³/mol. The molecule has 0 aliphatic rings. The molecule has 1 heterocycles. The first-order valence-electron chi connectivity index (χ1n) is 6.32. The van der Waals surface area contributed by atoms with Crippen molar-refractivity contribution in [2.75, 3.05) is 5.73 Å². The highest BCUT2D eigenvalue weighted by molar-refractivity contribution is 9.10. The van der Waals surface area contributed by atoms with Crippen molar-refractivity contribution in [3.63, 3.8) is 0 Å². The molecule has 2 aromatic carbocycles. The molecule has 0 fully saturated rings. The summed E-state index contributed by atoms with van der Waals surface area (Å²) in [7, 11) is 0. The molecule has 102 valence electrons. The SMILES string of the molecule is CCn1c(-c2cc(Br)ccc2N)nc2c(F)cccc21. The molecule has 2 N–H and O–H groups in total. The monoisotopic (exact) mass is 333 g/mol. The number of rotatable bonds is 2. The largest absolute Gasteiger partial charge is 0.398 e. The van der Waals surface area contributed by atoms with E-state index in [-0.39, 0.29) is 5.82 Å². The Balaban J connectivity index is 2.36. The van der Waals surface area contributed by atoms with Gasteiger partial charge in [0.2, 0.25) is 0 Å². The van der Waals surface area contributed by atoms with Crippen molar-refractivity contribution < 1.29 is 4.39 Å². The van der Waals surface area contributed by atoms with E-state index in [9.17, 15) is 4.39 Å². The molecule has 0 atom stereocenters. The van der Waals surface area contributed by atoms with Crippen molar-refractivity contribution in [1.82, 2.24) is 9.55 Å². The Bertz CT molecular complexity index is 795. The van der Waals surface area contributed by atoms with Gasteiger partial charge in [0.05, 0.1) is 5.52 Å². The lowest BCUT2D eigenvalue weighted by Gasteiger charge is -2.09. The zero-order chi connectivity index (χ0) is 14.3. The Morgan fingerprint density at radius 1 is 1.30 bits per heavy atom. The topological polar surface area (TPSA) is 43.8 Å². The first kappa shape index (κ1) is 13.1. The fourth-order valence-electron chi connectivity index (χ4n) is 2.36. The van der Waals surface area contributed by atoms with E-state index in [2.05, 4.69) is 20.9 Å². The minimum absolute atomic E-state index is 0.315. The van der Waals surface area contributed by atoms with Crippen molar-refractivity contribution in [3.8, 4) is 11.4 Å². The average Bonchev–Trinajstić information content (AvgIpc) is 2.81. The Morgan fingerprint density at radius 3 is 2.85 bits per heavy atom. The summed E-state index contributed by atoms with van der Waals surface area (Å²) in [5.41, 5.74) is 8.62. The van der Waals surface area contributed by atoms with E-state index in [1.807, 2.05) is 35.8 Å². The van der Waals surface area contributed by atoms with E-state index in [1.54, 1.807) is 6.07 Å². The quantitative estimate of drug-likeness (QED) is 0.714. The van der Waals surface area contributed by atoms with Crippen LogP contribution in [0.4, 0.5) is 10.1 Å². The summed E-state index contributed by atoms with van der Waals surface area (Å²) >= 11 is 3.43. The smallest absolute Gasteiger partial charge is 0.151 e. The van der Waals surface area contributed by atoms with Gasteiger partial charge in [-0.15, -0.1) is 0 Å². The second-order valence-corrected chi connectivity index (χ2v) is 5.43. The number of halogens is 2. The summed E-state index contributed by atoms with van der Waals surface area (Å²) in [4.78, 5) is 4.44. The number of nitrogen functional groups attached to an aromatic ring is 1. The standard InChI is InChI=1S/C15H13BrFN3/c1-2-20-13-5-3-4-11(17)14(13)19-15(20)10-8-9(16)6-7-12(10)18/h3-8H,2,18H2,1H3. The molecule has 0 radical (unpaired) electrons. The maximum atomic E-state index is 13.9. The van der Waals surface area contributed by atoms with Gasteiger partial charge in [0.15, 0.2) is 5.82 Å². The maximum Gasteiger partial charge on any atom is 0.151 e. The minimum atomic E-state index is -0.315. The Labute approximate surface area is 124 Å². The van der Waals surface area contributed by atoms with E-state index in [4.69, 9.17) is 5.73 Å². The number of fused-ring (bicyclic) bond motifs is 1. The molecule has 0 aliphatic carbocycles. The summed E-state index contributed by atoms with van der Waals surface area (Å²) in [5, 5.41) is 0. The number of benzene rings is 2. The molecule has 0 saturated carbocycles. The van der Waals surface area contributed by atoms with Gasteiger partial charge in [0.25, 0.3) is 0 Å². The van der Waals surface area contributed by atoms with Gasteiger partial charge in [-0.25, -0.2) is 9.37 Å². The number of nitrogens with two attached hydrogens (primary N) is 1. The second-order valence-electron chi connectivity index (χ2n) is 4.52. The Morgan fingerprint density at radius 2 is 2.10 bits per heavy atom. The molecule has 0 bridgehead atoms. The molecule has 0 aliphatic heterocycles. The molecule has 3 aromatic rings. The van der Waals surface area contributed by atoms with Crippen LogP contribution < -0.4 is 5.73 Å². The predicted octanol–water partition coefficient (Wildman–Crippen LogP) is 4.21. The van der Waals surface area contributed by atoms with Gasteiger partial charge in [-0.05, 0) is 37.3 Å². The molecule has 1 aromatic heterocycles. The zero-order valence-corrected chi connectivity index (χ0v) is 12.5. The third-order valence-corrected chi connectivity index (χ3v) is 3.80. The number of para-hydroxylation sites is 1. The van der Waals surface area contributed by atoms with Gasteiger partial charge in [-0.1, -0.05) is 22.0 Å². The lowest BCUT2D eigenvalue weighted by atomic mass is 10.1. The van der Waals surface area contributed by atoms with Crippen molar-refractivity contribution in [2.45, 2.75) is 13.5 Å². The fourth-order valence-corrected chi connectivity index (χ4v) is 2.72. The highest BCUT2D eigenvalue weighted by atomic mass is 79.9. The first-order valence-corrected chi connectivity index (χ1v) is 7.11. The minimum Gasteiger partial charge on any atom is -0.398 e. The summed E-state index contributed by atoms with van der Waals surface area (Å²) in [6, 6.07) is 10.6. The van der Waals surface area contributed by atoms with Crippen molar-refractivity contribution in [2.24, 2.45) is 0 Å². The number of anilines is 1. The molecule has 5 heteroatoms. The number of hydrogen-bond donors (Lipinski definition) is 1. The molecular formula is C15H13BrFN3. The first-order chi connectivity index (χ1) is 9.61. The lowest BCUT2D eigenvalue weighted by molar-refractivity contribution is 0.637. The molecule has 0 spiro atoms. The maximum absolute atomic E-state index is 13.9. The normalized spacial score (nSPS) is 11.2. The molecule has 3 nitrogen and oxygen atoms in total. The van der Waals surface area contributed by atoms with E-state index >= 15 is 0 Å². The van der Waals surface area contributed by atoms with Gasteiger partial charge in [0.1, 0.15) is 11.3 Å². The number of aryl methyl sites for hydroxylation is 1. The molecule has 0 saturated heterocycles. The van der Waals surface area contributed by atoms with Gasteiger partial charge in [0, 0.05) is 22.3 Å². The second kappa shape index (κ2) is 4.90. The molecule has 20 heavy (non-hydrogen) atoms. The van der Waals surface area contributed by atoms with E-state index < -0.39 is 0 Å². The van der Waals surface area contributed by atoms with Crippen molar-refractivity contribution in [3.05, 3.63) is 46.7 Å². The van der Waals surface area contributed by atoms with Gasteiger partial charge < -0.3 is 10.3 Å². The molecule has 0 unspecified atom stereocenters. The third-order valence-electron chi connectivity index (χ3n) is 3.30. The Hall–Kier alpha value is -1.88. The molecular weight excluding hydrogens is 321 g/mol. The summed E-state index contributed by atoms with van der Waals surface area (Å²) in [5.74, 6) is 0.371. The van der Waals surface area contributed by atoms with Crippen LogP contribution in [0.25, 0.3) is 22.4 Å². The van der Waals surface area contributed by atoms with Crippen LogP contribution in [0, 0.1) is 5.82 Å². The lowest BCUT2D eigenvalue weighted by Crippen LogP contribution is -2.00. The number of aromatic nitrogens is 2. The van der Waals surface area contributed by atoms with Crippen LogP contribution in [0.5, 0.6) is 0 Å². The van der Waals surface area contributed by atoms with E-state index in [0.717, 1.165) is 15.6 Å². The van der Waals surface area contributed by atoms with Crippen LogP contribution in [0.1, 0.15) is 6.92 Å². The zero-order valence-electron chi connectivity index (χ0n) is 10.9. The van der Waals surface area contributed by atoms with Crippen molar-refractivity contribution in [1.29, 1.82) is 0 Å². The summed E-state index contributed by atoms with van der Waals surface area (Å²) in [6.45, 7) is 2.70. The van der Waals surface area contributed by atoms with Crippen LogP contribution in [0.15, 0.2) is 40.9 Å². The number of hydrogen-bond acceptors (Lipinski definition) is 2. The highest BCUT2D eigenvalue weighted by Gasteiger charge is 2.16. The van der Waals surface area contributed by atoms with E-state index in [1.165, 1.54) is 6.07 Å². The van der Waals surface area contributed by atoms with Gasteiger partial charge in [-0.3, -0.25) is 0 Å². The van der Waals surface area contributed by atoms with Crippen molar-refractivity contribution >= 4 is 32.7 Å². The average molecular weight is 334 g/mol. The molecule has 3 rings (SSSR count).